The lowest BCUT2D eigenvalue weighted by atomic mass is 10.5. The molecule has 1 aliphatic rings. The second-order valence-electron chi connectivity index (χ2n) is 1.90. The number of hydrogen-bond donors (Lipinski definition) is 0. The molecule has 0 spiro atoms. The molecule has 0 fully saturated rings. The van der Waals surface area contributed by atoms with E-state index in [1.807, 2.05) is 5.38 Å². The van der Waals surface area contributed by atoms with Crippen LogP contribution in [0.2, 0.25) is 4.34 Å². The summed E-state index contributed by atoms with van der Waals surface area (Å²) in [6.45, 7) is 1.23. The number of rotatable bonds is 0. The van der Waals surface area contributed by atoms with Gasteiger partial charge in [0.05, 0.1) is 0 Å². The Hall–Kier alpha value is -0.410. The van der Waals surface area contributed by atoms with E-state index in [1.54, 1.807) is 0 Å². The molecule has 2 nitrogen and oxygen atoms in total. The van der Waals surface area contributed by atoms with E-state index in [-0.39, 0.29) is 0 Å². The molecular formula is C6H5ClO2S. The quantitative estimate of drug-likeness (QED) is 0.603. The molecule has 0 saturated carbocycles. The van der Waals surface area contributed by atoms with E-state index >= 15 is 0 Å². The maximum Gasteiger partial charge on any atom is 0.190 e. The number of hydrogen-bond acceptors (Lipinski definition) is 3. The fourth-order valence-electron chi connectivity index (χ4n) is 0.832. The Morgan fingerprint density at radius 3 is 3.00 bits per heavy atom. The average molecular weight is 177 g/mol. The van der Waals surface area contributed by atoms with Gasteiger partial charge in [0.2, 0.25) is 0 Å². The van der Waals surface area contributed by atoms with Crippen molar-refractivity contribution in [3.8, 4) is 11.5 Å². The number of ether oxygens (including phenoxy) is 2. The molecule has 0 aliphatic carbocycles. The van der Waals surface area contributed by atoms with Crippen LogP contribution in [0.15, 0.2) is 5.38 Å². The zero-order valence-corrected chi connectivity index (χ0v) is 6.67. The molecule has 0 bridgehead atoms. The van der Waals surface area contributed by atoms with Crippen molar-refractivity contribution in [1.82, 2.24) is 0 Å². The zero-order valence-electron chi connectivity index (χ0n) is 5.09. The Bertz CT molecular complexity index is 246. The van der Waals surface area contributed by atoms with Gasteiger partial charge < -0.3 is 9.47 Å². The zero-order chi connectivity index (χ0) is 6.97. The third-order valence-electron chi connectivity index (χ3n) is 1.26. The summed E-state index contributed by atoms with van der Waals surface area (Å²) in [6, 6.07) is 0. The van der Waals surface area contributed by atoms with Gasteiger partial charge >= 0.3 is 0 Å². The van der Waals surface area contributed by atoms with Gasteiger partial charge in [-0.1, -0.05) is 11.6 Å². The summed E-state index contributed by atoms with van der Waals surface area (Å²) in [4.78, 5) is 0. The van der Waals surface area contributed by atoms with E-state index in [1.165, 1.54) is 11.3 Å². The smallest absolute Gasteiger partial charge is 0.190 e. The van der Waals surface area contributed by atoms with Gasteiger partial charge in [0.1, 0.15) is 17.6 Å². The highest BCUT2D eigenvalue weighted by Gasteiger charge is 2.16. The molecule has 0 atom stereocenters. The summed E-state index contributed by atoms with van der Waals surface area (Å²) >= 11 is 7.21. The van der Waals surface area contributed by atoms with Crippen LogP contribution in [0.1, 0.15) is 0 Å². The van der Waals surface area contributed by atoms with E-state index < -0.39 is 0 Å². The number of fused-ring (bicyclic) bond motifs is 1. The summed E-state index contributed by atoms with van der Waals surface area (Å²) in [6.07, 6.45) is 0. The van der Waals surface area contributed by atoms with E-state index in [0.717, 1.165) is 5.75 Å². The molecule has 1 aromatic rings. The van der Waals surface area contributed by atoms with Crippen molar-refractivity contribution in [2.24, 2.45) is 0 Å². The van der Waals surface area contributed by atoms with Crippen molar-refractivity contribution in [3.63, 3.8) is 0 Å². The second-order valence-corrected chi connectivity index (χ2v) is 3.38. The summed E-state index contributed by atoms with van der Waals surface area (Å²) in [7, 11) is 0. The maximum absolute atomic E-state index is 5.77. The minimum atomic E-state index is 0.601. The van der Waals surface area contributed by atoms with Gasteiger partial charge in [0, 0.05) is 5.38 Å². The topological polar surface area (TPSA) is 18.5 Å². The minimum Gasteiger partial charge on any atom is -0.485 e. The summed E-state index contributed by atoms with van der Waals surface area (Å²) in [5.74, 6) is 1.49. The Kier molecular flexibility index (Phi) is 1.47. The predicted octanol–water partition coefficient (Wildman–Crippen LogP) is 2.17. The molecule has 10 heavy (non-hydrogen) atoms. The fraction of sp³-hybridized carbons (Fsp3) is 0.333. The van der Waals surface area contributed by atoms with Gasteiger partial charge in [-0.25, -0.2) is 0 Å². The van der Waals surface area contributed by atoms with Gasteiger partial charge in [0.25, 0.3) is 0 Å². The van der Waals surface area contributed by atoms with Gasteiger partial charge in [-0.05, 0) is 0 Å². The highest BCUT2D eigenvalue weighted by atomic mass is 35.5. The minimum absolute atomic E-state index is 0.601. The highest BCUT2D eigenvalue weighted by Crippen LogP contribution is 2.42. The van der Waals surface area contributed by atoms with Crippen LogP contribution >= 0.6 is 22.9 Å². The molecule has 0 N–H and O–H groups in total. The van der Waals surface area contributed by atoms with Crippen LogP contribution < -0.4 is 9.47 Å². The Morgan fingerprint density at radius 1 is 1.40 bits per heavy atom. The lowest BCUT2D eigenvalue weighted by Gasteiger charge is -2.14. The third kappa shape index (κ3) is 0.859. The summed E-state index contributed by atoms with van der Waals surface area (Å²) < 4.78 is 11.2. The van der Waals surface area contributed by atoms with Gasteiger partial charge in [-0.2, -0.15) is 0 Å². The molecule has 4 heteroatoms. The molecule has 1 aromatic heterocycles. The predicted molar refractivity (Wildman–Crippen MR) is 40.3 cm³/mol. The normalized spacial score (nSPS) is 15.3. The standard InChI is InChI=1S/C6H5ClO2S/c7-6-5-4(3-10-6)8-1-2-9-5/h3H,1-2H2. The monoisotopic (exact) mass is 176 g/mol. The van der Waals surface area contributed by atoms with Crippen LogP contribution in [0.25, 0.3) is 0 Å². The number of thiophene rings is 1. The molecule has 2 heterocycles. The summed E-state index contributed by atoms with van der Waals surface area (Å²) in [5, 5.41) is 1.86. The van der Waals surface area contributed by atoms with Gasteiger partial charge in [-0.15, -0.1) is 11.3 Å². The first-order chi connectivity index (χ1) is 4.88. The van der Waals surface area contributed by atoms with Crippen LogP contribution in [-0.2, 0) is 0 Å². The Morgan fingerprint density at radius 2 is 2.20 bits per heavy atom. The van der Waals surface area contributed by atoms with Crippen LogP contribution in [0.3, 0.4) is 0 Å². The van der Waals surface area contributed by atoms with Crippen LogP contribution in [0.5, 0.6) is 11.5 Å². The molecule has 0 radical (unpaired) electrons. The van der Waals surface area contributed by atoms with E-state index in [2.05, 4.69) is 0 Å². The Balaban J connectivity index is 2.45. The van der Waals surface area contributed by atoms with Crippen LogP contribution in [0, 0.1) is 0 Å². The van der Waals surface area contributed by atoms with E-state index in [0.29, 0.717) is 23.3 Å². The molecule has 2 rings (SSSR count). The third-order valence-corrected chi connectivity index (χ3v) is 2.42. The molecule has 0 unspecified atom stereocenters. The van der Waals surface area contributed by atoms with E-state index in [4.69, 9.17) is 21.1 Å². The van der Waals surface area contributed by atoms with Crippen LogP contribution in [0.4, 0.5) is 0 Å². The molecule has 0 amide bonds. The van der Waals surface area contributed by atoms with E-state index in [9.17, 15) is 0 Å². The lowest BCUT2D eigenvalue weighted by Crippen LogP contribution is -2.13. The molecule has 1 aliphatic heterocycles. The average Bonchev–Trinajstić information content (AvgIpc) is 2.34. The largest absolute Gasteiger partial charge is 0.485 e. The first kappa shape index (κ1) is 6.31. The molecule has 0 saturated heterocycles. The first-order valence-corrected chi connectivity index (χ1v) is 4.16. The number of halogens is 1. The van der Waals surface area contributed by atoms with Crippen molar-refractivity contribution in [3.05, 3.63) is 9.72 Å². The second kappa shape index (κ2) is 2.32. The maximum atomic E-state index is 5.77. The lowest BCUT2D eigenvalue weighted by molar-refractivity contribution is 0.173. The van der Waals surface area contributed by atoms with Crippen molar-refractivity contribution < 1.29 is 9.47 Å². The molecule has 0 aromatic carbocycles. The van der Waals surface area contributed by atoms with Crippen molar-refractivity contribution in [2.45, 2.75) is 0 Å². The summed E-state index contributed by atoms with van der Waals surface area (Å²) in [5.41, 5.74) is 0. The highest BCUT2D eigenvalue weighted by molar-refractivity contribution is 7.15. The van der Waals surface area contributed by atoms with Gasteiger partial charge in [0.15, 0.2) is 11.5 Å². The van der Waals surface area contributed by atoms with Crippen LogP contribution in [-0.4, -0.2) is 13.2 Å². The van der Waals surface area contributed by atoms with Crippen molar-refractivity contribution in [1.29, 1.82) is 0 Å². The molecule has 54 valence electrons. The van der Waals surface area contributed by atoms with Crippen molar-refractivity contribution >= 4 is 22.9 Å². The first-order valence-electron chi connectivity index (χ1n) is 2.90. The fourth-order valence-corrected chi connectivity index (χ4v) is 1.77. The molecular weight excluding hydrogens is 172 g/mol. The Labute approximate surface area is 67.3 Å². The van der Waals surface area contributed by atoms with Crippen molar-refractivity contribution in [2.75, 3.05) is 13.2 Å². The van der Waals surface area contributed by atoms with Gasteiger partial charge in [-0.3, -0.25) is 0 Å². The SMILES string of the molecule is Clc1scc2c1OCCO2.